The van der Waals surface area contributed by atoms with Crippen LogP contribution in [-0.2, 0) is 5.41 Å². The Balaban J connectivity index is 2.38. The fraction of sp³-hybridized carbons (Fsp3) is 0.333. The Labute approximate surface area is 104 Å². The third-order valence-corrected chi connectivity index (χ3v) is 2.41. The molecule has 0 spiro atoms. The van der Waals surface area contributed by atoms with Gasteiger partial charge in [0, 0.05) is 11.6 Å². The highest BCUT2D eigenvalue weighted by Gasteiger charge is 2.22. The SMILES string of the molecule is CC(C)(C)c1[nH][nH]c(=O)c1N=Nc1cccnc1. The van der Waals surface area contributed by atoms with Crippen LogP contribution in [0.15, 0.2) is 39.5 Å². The van der Waals surface area contributed by atoms with Gasteiger partial charge in [-0.05, 0) is 12.1 Å². The van der Waals surface area contributed by atoms with Gasteiger partial charge in [-0.3, -0.25) is 20.0 Å². The van der Waals surface area contributed by atoms with Gasteiger partial charge in [0.2, 0.25) is 0 Å². The van der Waals surface area contributed by atoms with Crippen LogP contribution < -0.4 is 5.56 Å². The van der Waals surface area contributed by atoms with E-state index in [-0.39, 0.29) is 11.0 Å². The second-order valence-electron chi connectivity index (χ2n) is 4.96. The number of nitrogens with one attached hydrogen (secondary N) is 2. The standard InChI is InChI=1S/C12H15N5O/c1-12(2,3)10-9(11(18)17-16-10)15-14-8-5-4-6-13-7-8/h4-7H,1-3H3,(H2,16,17,18). The molecule has 94 valence electrons. The fourth-order valence-electron chi connectivity index (χ4n) is 1.51. The second kappa shape index (κ2) is 4.56. The highest BCUT2D eigenvalue weighted by Crippen LogP contribution is 2.27. The van der Waals surface area contributed by atoms with Gasteiger partial charge in [-0.1, -0.05) is 20.8 Å². The van der Waals surface area contributed by atoms with Crippen molar-refractivity contribution in [1.29, 1.82) is 0 Å². The van der Waals surface area contributed by atoms with Crippen LogP contribution in [0.1, 0.15) is 26.5 Å². The lowest BCUT2D eigenvalue weighted by Crippen LogP contribution is -2.12. The Hall–Kier alpha value is -2.24. The summed E-state index contributed by atoms with van der Waals surface area (Å²) in [5.41, 5.74) is 1.18. The summed E-state index contributed by atoms with van der Waals surface area (Å²) in [4.78, 5) is 15.6. The van der Waals surface area contributed by atoms with Crippen molar-refractivity contribution in [2.45, 2.75) is 26.2 Å². The van der Waals surface area contributed by atoms with E-state index in [4.69, 9.17) is 0 Å². The molecule has 2 heterocycles. The van der Waals surface area contributed by atoms with Crippen molar-refractivity contribution in [2.24, 2.45) is 10.2 Å². The maximum atomic E-state index is 11.7. The predicted molar refractivity (Wildman–Crippen MR) is 68.5 cm³/mol. The maximum absolute atomic E-state index is 11.7. The van der Waals surface area contributed by atoms with Gasteiger partial charge in [0.05, 0.1) is 11.9 Å². The third kappa shape index (κ3) is 2.53. The molecule has 6 heteroatoms. The number of rotatable bonds is 2. The van der Waals surface area contributed by atoms with E-state index in [9.17, 15) is 4.79 Å². The molecule has 2 rings (SSSR count). The molecule has 0 bridgehead atoms. The van der Waals surface area contributed by atoms with Gasteiger partial charge in [-0.15, -0.1) is 10.2 Å². The number of aromatic amines is 2. The van der Waals surface area contributed by atoms with Gasteiger partial charge < -0.3 is 0 Å². The topological polar surface area (TPSA) is 86.3 Å². The first-order valence-corrected chi connectivity index (χ1v) is 5.61. The summed E-state index contributed by atoms with van der Waals surface area (Å²) in [5, 5.41) is 13.4. The minimum atomic E-state index is -0.271. The molecule has 2 aromatic heterocycles. The summed E-state index contributed by atoms with van der Waals surface area (Å²) >= 11 is 0. The molecular formula is C12H15N5O. The molecule has 0 amide bonds. The number of hydrogen-bond donors (Lipinski definition) is 2. The summed E-state index contributed by atoms with van der Waals surface area (Å²) in [7, 11) is 0. The van der Waals surface area contributed by atoms with Crippen LogP contribution in [0.3, 0.4) is 0 Å². The molecule has 0 aromatic carbocycles. The normalized spacial score (nSPS) is 12.2. The van der Waals surface area contributed by atoms with Gasteiger partial charge in [0.1, 0.15) is 5.69 Å². The molecule has 0 aliphatic rings. The first-order valence-electron chi connectivity index (χ1n) is 5.61. The van der Waals surface area contributed by atoms with Crippen LogP contribution in [0, 0.1) is 0 Å². The molecule has 0 atom stereocenters. The van der Waals surface area contributed by atoms with E-state index < -0.39 is 0 Å². The largest absolute Gasteiger partial charge is 0.299 e. The van der Waals surface area contributed by atoms with Crippen molar-refractivity contribution < 1.29 is 0 Å². The first kappa shape index (κ1) is 12.2. The summed E-state index contributed by atoms with van der Waals surface area (Å²) in [6.45, 7) is 5.99. The van der Waals surface area contributed by atoms with E-state index in [2.05, 4.69) is 25.4 Å². The van der Waals surface area contributed by atoms with E-state index >= 15 is 0 Å². The highest BCUT2D eigenvalue weighted by molar-refractivity contribution is 5.43. The second-order valence-corrected chi connectivity index (χ2v) is 4.96. The number of azo groups is 1. The van der Waals surface area contributed by atoms with Crippen molar-refractivity contribution >= 4 is 11.4 Å². The van der Waals surface area contributed by atoms with Crippen molar-refractivity contribution in [3.05, 3.63) is 40.6 Å². The summed E-state index contributed by atoms with van der Waals surface area (Å²) in [5.74, 6) is 0. The Morgan fingerprint density at radius 3 is 2.61 bits per heavy atom. The van der Waals surface area contributed by atoms with Crippen LogP contribution in [0.5, 0.6) is 0 Å². The molecule has 0 saturated heterocycles. The van der Waals surface area contributed by atoms with E-state index in [1.807, 2.05) is 20.8 Å². The zero-order chi connectivity index (χ0) is 13.2. The molecule has 0 aliphatic carbocycles. The fourth-order valence-corrected chi connectivity index (χ4v) is 1.51. The average Bonchev–Trinajstić information content (AvgIpc) is 2.69. The molecule has 18 heavy (non-hydrogen) atoms. The average molecular weight is 245 g/mol. The molecule has 0 aliphatic heterocycles. The molecule has 0 fully saturated rings. The van der Waals surface area contributed by atoms with E-state index in [1.165, 1.54) is 0 Å². The summed E-state index contributed by atoms with van der Waals surface area (Å²) in [6, 6.07) is 3.54. The Morgan fingerprint density at radius 2 is 2.00 bits per heavy atom. The van der Waals surface area contributed by atoms with E-state index in [1.54, 1.807) is 24.5 Å². The van der Waals surface area contributed by atoms with Crippen LogP contribution in [0.2, 0.25) is 0 Å². The maximum Gasteiger partial charge on any atom is 0.292 e. The minimum absolute atomic E-state index is 0.206. The number of pyridine rings is 1. The Bertz CT molecular complexity index is 603. The lowest BCUT2D eigenvalue weighted by atomic mass is 9.91. The predicted octanol–water partition coefficient (Wildman–Crippen LogP) is 2.81. The number of H-pyrrole nitrogens is 2. The lowest BCUT2D eigenvalue weighted by molar-refractivity contribution is 0.567. The lowest BCUT2D eigenvalue weighted by Gasteiger charge is -2.15. The third-order valence-electron chi connectivity index (χ3n) is 2.41. The molecule has 0 saturated carbocycles. The van der Waals surface area contributed by atoms with E-state index in [0.717, 1.165) is 5.69 Å². The Morgan fingerprint density at radius 1 is 1.22 bits per heavy atom. The highest BCUT2D eigenvalue weighted by atomic mass is 16.1. The van der Waals surface area contributed by atoms with Crippen LogP contribution in [0.4, 0.5) is 11.4 Å². The minimum Gasteiger partial charge on any atom is -0.299 e. The molecule has 0 unspecified atom stereocenters. The van der Waals surface area contributed by atoms with Crippen LogP contribution in [-0.4, -0.2) is 15.2 Å². The Kier molecular flexibility index (Phi) is 3.10. The monoisotopic (exact) mass is 245 g/mol. The van der Waals surface area contributed by atoms with Crippen LogP contribution in [0.25, 0.3) is 0 Å². The van der Waals surface area contributed by atoms with Gasteiger partial charge in [0.15, 0.2) is 5.69 Å². The quantitative estimate of drug-likeness (QED) is 0.797. The summed E-state index contributed by atoms with van der Waals surface area (Å²) < 4.78 is 0. The van der Waals surface area contributed by atoms with Gasteiger partial charge in [0.25, 0.3) is 5.56 Å². The van der Waals surface area contributed by atoms with Gasteiger partial charge >= 0.3 is 0 Å². The van der Waals surface area contributed by atoms with Crippen molar-refractivity contribution in [3.63, 3.8) is 0 Å². The molecule has 2 N–H and O–H groups in total. The number of aromatic nitrogens is 3. The smallest absolute Gasteiger partial charge is 0.292 e. The molecule has 6 nitrogen and oxygen atoms in total. The number of hydrogen-bond acceptors (Lipinski definition) is 4. The van der Waals surface area contributed by atoms with Crippen molar-refractivity contribution in [2.75, 3.05) is 0 Å². The van der Waals surface area contributed by atoms with E-state index in [0.29, 0.717) is 11.4 Å². The van der Waals surface area contributed by atoms with Crippen LogP contribution >= 0.6 is 0 Å². The van der Waals surface area contributed by atoms with Crippen molar-refractivity contribution in [1.82, 2.24) is 15.2 Å². The zero-order valence-electron chi connectivity index (χ0n) is 10.6. The zero-order valence-corrected chi connectivity index (χ0v) is 10.6. The molecule has 0 radical (unpaired) electrons. The summed E-state index contributed by atoms with van der Waals surface area (Å²) in [6.07, 6.45) is 3.24. The molecule has 2 aromatic rings. The number of nitrogens with zero attached hydrogens (tertiary/aromatic N) is 3. The molecular weight excluding hydrogens is 230 g/mol. The van der Waals surface area contributed by atoms with Crippen molar-refractivity contribution in [3.8, 4) is 0 Å². The van der Waals surface area contributed by atoms with Gasteiger partial charge in [-0.25, -0.2) is 0 Å². The van der Waals surface area contributed by atoms with Gasteiger partial charge in [-0.2, -0.15) is 0 Å². The first-order chi connectivity index (χ1) is 8.48.